The van der Waals surface area contributed by atoms with Crippen LogP contribution < -0.4 is 51.4 Å². The third kappa shape index (κ3) is 2.88. The zero-order chi connectivity index (χ0) is 12.8. The van der Waals surface area contributed by atoms with E-state index in [0.29, 0.717) is 5.39 Å². The summed E-state index contributed by atoms with van der Waals surface area (Å²) in [5, 5.41) is 19.8. The Morgan fingerprint density at radius 1 is 1.11 bits per heavy atom. The van der Waals surface area contributed by atoms with Crippen molar-refractivity contribution in [2.75, 3.05) is 0 Å². The topological polar surface area (TPSA) is 97.7 Å². The molecule has 0 radical (unpaired) electrons. The Kier molecular flexibility index (Phi) is 4.82. The van der Waals surface area contributed by atoms with Crippen molar-refractivity contribution in [2.24, 2.45) is 0 Å². The van der Waals surface area contributed by atoms with Gasteiger partial charge in [0.1, 0.15) is 26.5 Å². The maximum absolute atomic E-state index is 10.9. The van der Waals surface area contributed by atoms with Crippen molar-refractivity contribution in [1.29, 1.82) is 0 Å². The molecule has 0 fully saturated rings. The fraction of sp³-hybridized carbons (Fsp3) is 0.0909. The second kappa shape index (κ2) is 5.46. The van der Waals surface area contributed by atoms with Crippen molar-refractivity contribution in [3.05, 3.63) is 29.8 Å². The third-order valence-corrected chi connectivity index (χ3v) is 3.33. The van der Waals surface area contributed by atoms with Gasteiger partial charge < -0.3 is 14.8 Å². The molecule has 2 aromatic rings. The van der Waals surface area contributed by atoms with Crippen molar-refractivity contribution in [3.8, 4) is 11.5 Å². The SMILES string of the molecule is Cc1ccc2c(O)c(S(=O)(=O)[O-])cc(O)c2c1.[K+]. The number of aromatic hydroxyl groups is 2. The number of rotatable bonds is 1. The molecule has 0 aliphatic carbocycles. The Labute approximate surface area is 147 Å². The molecule has 2 rings (SSSR count). The minimum absolute atomic E-state index is 0. The molecule has 5 nitrogen and oxygen atoms in total. The first kappa shape index (κ1) is 15.9. The van der Waals surface area contributed by atoms with Gasteiger partial charge in [0.25, 0.3) is 0 Å². The van der Waals surface area contributed by atoms with Crippen LogP contribution in [0.3, 0.4) is 0 Å². The van der Waals surface area contributed by atoms with Gasteiger partial charge in [0.2, 0.25) is 0 Å². The van der Waals surface area contributed by atoms with Crippen LogP contribution in [-0.4, -0.2) is 23.2 Å². The molecular formula is C11H9KO5S. The van der Waals surface area contributed by atoms with Gasteiger partial charge in [-0.1, -0.05) is 17.7 Å². The number of benzene rings is 2. The van der Waals surface area contributed by atoms with Crippen LogP contribution >= 0.6 is 0 Å². The molecule has 0 atom stereocenters. The van der Waals surface area contributed by atoms with Crippen LogP contribution in [0.2, 0.25) is 0 Å². The maximum Gasteiger partial charge on any atom is 1.00 e. The number of hydrogen-bond donors (Lipinski definition) is 2. The predicted octanol–water partition coefficient (Wildman–Crippen LogP) is -1.53. The molecule has 0 aliphatic rings. The second-order valence-corrected chi connectivity index (χ2v) is 5.09. The van der Waals surface area contributed by atoms with Gasteiger partial charge in [-0.05, 0) is 13.0 Å². The summed E-state index contributed by atoms with van der Waals surface area (Å²) in [5.74, 6) is -0.983. The van der Waals surface area contributed by atoms with Crippen molar-refractivity contribution in [2.45, 2.75) is 11.8 Å². The predicted molar refractivity (Wildman–Crippen MR) is 60.0 cm³/mol. The smallest absolute Gasteiger partial charge is 0.744 e. The van der Waals surface area contributed by atoms with Gasteiger partial charge >= 0.3 is 51.4 Å². The van der Waals surface area contributed by atoms with E-state index in [2.05, 4.69) is 0 Å². The van der Waals surface area contributed by atoms with E-state index in [9.17, 15) is 23.2 Å². The Morgan fingerprint density at radius 3 is 2.28 bits per heavy atom. The third-order valence-electron chi connectivity index (χ3n) is 2.48. The molecule has 18 heavy (non-hydrogen) atoms. The van der Waals surface area contributed by atoms with E-state index in [1.165, 1.54) is 6.07 Å². The number of hydrogen-bond acceptors (Lipinski definition) is 5. The monoisotopic (exact) mass is 292 g/mol. The first-order valence-electron chi connectivity index (χ1n) is 4.72. The summed E-state index contributed by atoms with van der Waals surface area (Å²) in [4.78, 5) is -0.814. The van der Waals surface area contributed by atoms with Crippen LogP contribution in [0.5, 0.6) is 11.5 Å². The molecule has 0 amide bonds. The van der Waals surface area contributed by atoms with E-state index in [1.807, 2.05) is 0 Å². The van der Waals surface area contributed by atoms with Crippen molar-refractivity contribution >= 4 is 20.9 Å². The second-order valence-electron chi connectivity index (χ2n) is 3.75. The standard InChI is InChI=1S/C11H10O5S.K/c1-6-2-3-7-8(4-6)9(12)5-10(11(7)13)17(14,15)16;/h2-5,12-13H,1H3,(H,14,15,16);/q;+1/p-1. The number of phenolic OH excluding ortho intramolecular Hbond substituents is 2. The Balaban J connectivity index is 0.00000162. The minimum atomic E-state index is -4.82. The molecule has 0 aliphatic heterocycles. The average Bonchev–Trinajstić information content (AvgIpc) is 2.21. The van der Waals surface area contributed by atoms with Crippen LogP contribution in [0.1, 0.15) is 5.56 Å². The Hall–Kier alpha value is -0.154. The van der Waals surface area contributed by atoms with Gasteiger partial charge in [-0.3, -0.25) is 0 Å². The summed E-state index contributed by atoms with van der Waals surface area (Å²) >= 11 is 0. The molecule has 2 N–H and O–H groups in total. The number of aryl methyl sites for hydroxylation is 1. The van der Waals surface area contributed by atoms with Crippen LogP contribution in [0.15, 0.2) is 29.2 Å². The summed E-state index contributed by atoms with van der Waals surface area (Å²) in [7, 11) is -4.82. The molecule has 0 saturated heterocycles. The van der Waals surface area contributed by atoms with Gasteiger partial charge in [-0.25, -0.2) is 8.42 Å². The van der Waals surface area contributed by atoms with E-state index >= 15 is 0 Å². The molecular weight excluding hydrogens is 283 g/mol. The molecule has 90 valence electrons. The molecule has 0 saturated carbocycles. The van der Waals surface area contributed by atoms with Gasteiger partial charge in [0.15, 0.2) is 0 Å². The number of phenols is 2. The Bertz CT molecular complexity index is 709. The Morgan fingerprint density at radius 2 is 1.72 bits per heavy atom. The molecule has 0 bridgehead atoms. The summed E-state index contributed by atoms with van der Waals surface area (Å²) in [6, 6.07) is 5.45. The largest absolute Gasteiger partial charge is 1.00 e. The van der Waals surface area contributed by atoms with E-state index in [-0.39, 0.29) is 62.5 Å². The summed E-state index contributed by atoms with van der Waals surface area (Å²) in [5.41, 5.74) is 0.838. The first-order chi connectivity index (χ1) is 7.80. The van der Waals surface area contributed by atoms with Gasteiger partial charge in [-0.2, -0.15) is 0 Å². The molecule has 0 heterocycles. The molecule has 0 unspecified atom stereocenters. The fourth-order valence-corrected chi connectivity index (χ4v) is 2.27. The summed E-state index contributed by atoms with van der Waals surface area (Å²) in [6.07, 6.45) is 0. The number of fused-ring (bicyclic) bond motifs is 1. The minimum Gasteiger partial charge on any atom is -0.744 e. The van der Waals surface area contributed by atoms with Crippen LogP contribution in [0.4, 0.5) is 0 Å². The average molecular weight is 292 g/mol. The van der Waals surface area contributed by atoms with Crippen LogP contribution in [-0.2, 0) is 10.1 Å². The van der Waals surface area contributed by atoms with Gasteiger partial charge in [-0.15, -0.1) is 0 Å². The molecule has 2 aromatic carbocycles. The van der Waals surface area contributed by atoms with E-state index in [4.69, 9.17) is 0 Å². The molecule has 0 aromatic heterocycles. The maximum atomic E-state index is 10.9. The normalized spacial score (nSPS) is 11.2. The molecule has 0 spiro atoms. The van der Waals surface area contributed by atoms with Crippen LogP contribution in [0, 0.1) is 6.92 Å². The van der Waals surface area contributed by atoms with Gasteiger partial charge in [0.05, 0.1) is 0 Å². The van der Waals surface area contributed by atoms with Crippen molar-refractivity contribution in [1.82, 2.24) is 0 Å². The quantitative estimate of drug-likeness (QED) is 0.377. The first-order valence-corrected chi connectivity index (χ1v) is 6.12. The van der Waals surface area contributed by atoms with E-state index < -0.39 is 20.8 Å². The van der Waals surface area contributed by atoms with Crippen molar-refractivity contribution in [3.63, 3.8) is 0 Å². The van der Waals surface area contributed by atoms with Crippen molar-refractivity contribution < 1.29 is 74.6 Å². The van der Waals surface area contributed by atoms with Gasteiger partial charge in [0, 0.05) is 16.8 Å². The van der Waals surface area contributed by atoms with E-state index in [0.717, 1.165) is 11.6 Å². The summed E-state index contributed by atoms with van der Waals surface area (Å²) in [6.45, 7) is 1.79. The van der Waals surface area contributed by atoms with Crippen LogP contribution in [0.25, 0.3) is 10.8 Å². The molecule has 7 heteroatoms. The fourth-order valence-electron chi connectivity index (χ4n) is 1.67. The van der Waals surface area contributed by atoms with E-state index in [1.54, 1.807) is 19.1 Å². The zero-order valence-electron chi connectivity index (χ0n) is 9.84. The summed E-state index contributed by atoms with van der Waals surface area (Å²) < 4.78 is 32.7. The zero-order valence-corrected chi connectivity index (χ0v) is 13.8.